The molecule has 0 bridgehead atoms. The molecule has 1 aromatic rings. The molecule has 0 saturated heterocycles. The third-order valence-electron chi connectivity index (χ3n) is 3.71. The van der Waals surface area contributed by atoms with Crippen molar-refractivity contribution in [3.8, 4) is 11.8 Å². The lowest BCUT2D eigenvalue weighted by Gasteiger charge is -2.23. The van der Waals surface area contributed by atoms with Crippen LogP contribution in [-0.4, -0.2) is 35.8 Å². The van der Waals surface area contributed by atoms with Gasteiger partial charge in [-0.15, -0.1) is 0 Å². The lowest BCUT2D eigenvalue weighted by atomic mass is 10.1. The molecule has 6 nitrogen and oxygen atoms in total. The average Bonchev–Trinajstić information content (AvgIpc) is 2.58. The maximum absolute atomic E-state index is 12.1. The van der Waals surface area contributed by atoms with Crippen LogP contribution in [0.25, 0.3) is 0 Å². The van der Waals surface area contributed by atoms with E-state index in [1.54, 1.807) is 18.2 Å². The van der Waals surface area contributed by atoms with Crippen LogP contribution in [0.1, 0.15) is 58.9 Å². The van der Waals surface area contributed by atoms with Crippen molar-refractivity contribution in [2.24, 2.45) is 0 Å². The molecule has 144 valence electrons. The highest BCUT2D eigenvalue weighted by Gasteiger charge is 2.16. The Balaban J connectivity index is 2.73. The molecule has 1 unspecified atom stereocenters. The third kappa shape index (κ3) is 8.32. The fourth-order valence-corrected chi connectivity index (χ4v) is 2.29. The number of unbranched alkanes of at least 4 members (excludes halogenated alkanes) is 2. The molecule has 3 N–H and O–H groups in total. The van der Waals surface area contributed by atoms with Gasteiger partial charge < -0.3 is 20.5 Å². The molecule has 1 rings (SSSR count). The normalized spacial score (nSPS) is 12.3. The van der Waals surface area contributed by atoms with Crippen LogP contribution in [0, 0.1) is 11.3 Å². The molecular weight excluding hydrogens is 330 g/mol. The smallest absolute Gasteiger partial charge is 0.224 e. The van der Waals surface area contributed by atoms with E-state index in [2.05, 4.69) is 23.6 Å². The Morgan fingerprint density at radius 1 is 1.35 bits per heavy atom. The molecule has 26 heavy (non-hydrogen) atoms. The zero-order valence-corrected chi connectivity index (χ0v) is 16.3. The molecule has 0 spiro atoms. The number of aliphatic hydroxyl groups excluding tert-OH is 1. The third-order valence-corrected chi connectivity index (χ3v) is 3.71. The lowest BCUT2D eigenvalue weighted by molar-refractivity contribution is -0.116. The van der Waals surface area contributed by atoms with Crippen molar-refractivity contribution >= 4 is 11.6 Å². The van der Waals surface area contributed by atoms with E-state index in [0.29, 0.717) is 30.0 Å². The fraction of sp³-hybridized carbons (Fsp3) is 0.600. The first kappa shape index (κ1) is 21.9. The van der Waals surface area contributed by atoms with Crippen molar-refractivity contribution in [1.82, 2.24) is 5.32 Å². The first-order chi connectivity index (χ1) is 12.3. The number of ether oxygens (including phenoxy) is 1. The quantitative estimate of drug-likeness (QED) is 0.556. The zero-order valence-electron chi connectivity index (χ0n) is 16.3. The van der Waals surface area contributed by atoms with Gasteiger partial charge in [-0.25, -0.2) is 0 Å². The van der Waals surface area contributed by atoms with Crippen LogP contribution in [-0.2, 0) is 4.79 Å². The van der Waals surface area contributed by atoms with E-state index >= 15 is 0 Å². The van der Waals surface area contributed by atoms with E-state index < -0.39 is 6.10 Å². The van der Waals surface area contributed by atoms with E-state index in [4.69, 9.17) is 4.74 Å². The van der Waals surface area contributed by atoms with Crippen LogP contribution in [0.15, 0.2) is 18.2 Å². The summed E-state index contributed by atoms with van der Waals surface area (Å²) in [4.78, 5) is 12.1. The molecule has 1 amide bonds. The van der Waals surface area contributed by atoms with Crippen LogP contribution < -0.4 is 15.4 Å². The van der Waals surface area contributed by atoms with Gasteiger partial charge in [-0.2, -0.15) is 5.26 Å². The zero-order chi connectivity index (χ0) is 19.6. The molecule has 0 saturated carbocycles. The van der Waals surface area contributed by atoms with Gasteiger partial charge >= 0.3 is 0 Å². The van der Waals surface area contributed by atoms with Crippen molar-refractivity contribution < 1.29 is 14.6 Å². The van der Waals surface area contributed by atoms with E-state index in [9.17, 15) is 15.2 Å². The number of nitrogens with one attached hydrogen (secondary N) is 2. The van der Waals surface area contributed by atoms with Crippen molar-refractivity contribution in [2.45, 2.75) is 65.0 Å². The molecule has 0 aliphatic carbocycles. The maximum Gasteiger partial charge on any atom is 0.224 e. The Hall–Kier alpha value is -2.10. The molecule has 0 radical (unpaired) electrons. The molecule has 1 atom stereocenters. The van der Waals surface area contributed by atoms with Crippen LogP contribution in [0.3, 0.4) is 0 Å². The van der Waals surface area contributed by atoms with Crippen LogP contribution >= 0.6 is 0 Å². The average molecular weight is 361 g/mol. The number of para-hydroxylation sites is 1. The monoisotopic (exact) mass is 361 g/mol. The van der Waals surface area contributed by atoms with Gasteiger partial charge in [0.2, 0.25) is 5.91 Å². The largest absolute Gasteiger partial charge is 0.487 e. The number of hydrogen-bond donors (Lipinski definition) is 3. The standard InChI is InChI=1S/C20H31N3O3/c1-5-6-7-11-18(25)23-17-10-8-9-15(12-21)19(17)26-14-16(24)13-22-20(2,3)4/h8-10,16,22,24H,5-7,11,13-14H2,1-4H3,(H,23,25). The number of rotatable bonds is 10. The second-order valence-corrected chi connectivity index (χ2v) is 7.40. The number of carbonyl (C=O) groups excluding carboxylic acids is 1. The van der Waals surface area contributed by atoms with Crippen molar-refractivity contribution in [1.29, 1.82) is 5.26 Å². The first-order valence-electron chi connectivity index (χ1n) is 9.15. The Kier molecular flexibility index (Phi) is 9.11. The van der Waals surface area contributed by atoms with Gasteiger partial charge in [0.25, 0.3) is 0 Å². The highest BCUT2D eigenvalue weighted by Crippen LogP contribution is 2.29. The maximum atomic E-state index is 12.1. The number of aliphatic hydroxyl groups is 1. The van der Waals surface area contributed by atoms with Crippen LogP contribution in [0.2, 0.25) is 0 Å². The minimum atomic E-state index is -0.728. The van der Waals surface area contributed by atoms with Crippen LogP contribution in [0.4, 0.5) is 5.69 Å². The van der Waals surface area contributed by atoms with Gasteiger partial charge in [0, 0.05) is 18.5 Å². The Morgan fingerprint density at radius 3 is 2.69 bits per heavy atom. The summed E-state index contributed by atoms with van der Waals surface area (Å²) in [6, 6.07) is 7.10. The molecule has 0 fully saturated rings. The van der Waals surface area contributed by atoms with E-state index in [1.165, 1.54) is 0 Å². The summed E-state index contributed by atoms with van der Waals surface area (Å²) in [6.45, 7) is 8.52. The number of anilines is 1. The molecule has 0 heterocycles. The number of hydrogen-bond acceptors (Lipinski definition) is 5. The van der Waals surface area contributed by atoms with Gasteiger partial charge in [0.05, 0.1) is 11.3 Å². The molecular formula is C20H31N3O3. The Morgan fingerprint density at radius 2 is 2.08 bits per heavy atom. The summed E-state index contributed by atoms with van der Waals surface area (Å²) in [6.07, 6.45) is 2.58. The summed E-state index contributed by atoms with van der Waals surface area (Å²) in [5.41, 5.74) is 0.678. The SMILES string of the molecule is CCCCCC(=O)Nc1cccc(C#N)c1OCC(O)CNC(C)(C)C. The van der Waals surface area contributed by atoms with E-state index in [0.717, 1.165) is 19.3 Å². The highest BCUT2D eigenvalue weighted by atomic mass is 16.5. The number of carbonyl (C=O) groups is 1. The highest BCUT2D eigenvalue weighted by molar-refractivity contribution is 5.92. The first-order valence-corrected chi connectivity index (χ1v) is 9.15. The second-order valence-electron chi connectivity index (χ2n) is 7.40. The second kappa shape index (κ2) is 10.8. The van der Waals surface area contributed by atoms with Gasteiger partial charge in [-0.1, -0.05) is 25.8 Å². The summed E-state index contributed by atoms with van der Waals surface area (Å²) in [5.74, 6) is 0.196. The van der Waals surface area contributed by atoms with Gasteiger partial charge in [0.15, 0.2) is 5.75 Å². The Labute approximate surface area is 156 Å². The number of nitrogens with zero attached hydrogens (tertiary/aromatic N) is 1. The summed E-state index contributed by atoms with van der Waals surface area (Å²) >= 11 is 0. The number of nitriles is 1. The number of benzene rings is 1. The van der Waals surface area contributed by atoms with Gasteiger partial charge in [0.1, 0.15) is 18.8 Å². The fourth-order valence-electron chi connectivity index (χ4n) is 2.29. The van der Waals surface area contributed by atoms with Gasteiger partial charge in [-0.05, 0) is 39.3 Å². The van der Waals surface area contributed by atoms with Gasteiger partial charge in [-0.3, -0.25) is 4.79 Å². The molecule has 0 aromatic heterocycles. The van der Waals surface area contributed by atoms with Crippen molar-refractivity contribution in [3.63, 3.8) is 0 Å². The van der Waals surface area contributed by atoms with E-state index in [1.807, 2.05) is 20.8 Å². The predicted molar refractivity (Wildman–Crippen MR) is 103 cm³/mol. The predicted octanol–water partition coefficient (Wildman–Crippen LogP) is 3.20. The van der Waals surface area contributed by atoms with Crippen molar-refractivity contribution in [2.75, 3.05) is 18.5 Å². The molecule has 0 aliphatic heterocycles. The number of amides is 1. The van der Waals surface area contributed by atoms with E-state index in [-0.39, 0.29) is 18.1 Å². The van der Waals surface area contributed by atoms with Crippen molar-refractivity contribution in [3.05, 3.63) is 23.8 Å². The summed E-state index contributed by atoms with van der Waals surface area (Å²) in [5, 5.41) is 25.4. The minimum absolute atomic E-state index is 0.0283. The molecule has 0 aliphatic rings. The topological polar surface area (TPSA) is 94.4 Å². The minimum Gasteiger partial charge on any atom is -0.487 e. The summed E-state index contributed by atoms with van der Waals surface area (Å²) < 4.78 is 5.69. The molecule has 1 aromatic carbocycles. The number of β-amino-alcohol motifs (C(OH)–C–C–N with tert-alkyl or cyclic N) is 1. The lowest BCUT2D eigenvalue weighted by Crippen LogP contribution is -2.42. The molecule has 6 heteroatoms. The van der Waals surface area contributed by atoms with Crippen LogP contribution in [0.5, 0.6) is 5.75 Å². The Bertz CT molecular complexity index is 618. The summed E-state index contributed by atoms with van der Waals surface area (Å²) in [7, 11) is 0.